The zero-order valence-corrected chi connectivity index (χ0v) is 12.4. The summed E-state index contributed by atoms with van der Waals surface area (Å²) in [6.07, 6.45) is 2.02. The Balaban J connectivity index is 2.22. The summed E-state index contributed by atoms with van der Waals surface area (Å²) >= 11 is 3.40. The molecule has 0 radical (unpaired) electrons. The van der Waals surface area contributed by atoms with Gasteiger partial charge in [0, 0.05) is 10.2 Å². The first-order chi connectivity index (χ1) is 9.22. The van der Waals surface area contributed by atoms with Crippen LogP contribution in [0.2, 0.25) is 0 Å². The van der Waals surface area contributed by atoms with Gasteiger partial charge in [-0.05, 0) is 46.1 Å². The maximum atomic E-state index is 12.3. The third-order valence-electron chi connectivity index (χ3n) is 2.90. The van der Waals surface area contributed by atoms with Crippen molar-refractivity contribution in [1.29, 1.82) is 0 Å². The smallest absolute Gasteiger partial charge is 0.256 e. The molecule has 1 amide bonds. The average Bonchev–Trinajstić information content (AvgIpc) is 2.41. The van der Waals surface area contributed by atoms with Crippen LogP contribution < -0.4 is 5.32 Å². The Morgan fingerprint density at radius 1 is 1.11 bits per heavy atom. The lowest BCUT2D eigenvalue weighted by molar-refractivity contribution is 0.102. The summed E-state index contributed by atoms with van der Waals surface area (Å²) < 4.78 is 0.806. The van der Waals surface area contributed by atoms with E-state index >= 15 is 0 Å². The number of nitrogens with one attached hydrogen (secondary N) is 1. The van der Waals surface area contributed by atoms with Crippen LogP contribution in [0.1, 0.15) is 29.3 Å². The van der Waals surface area contributed by atoms with E-state index in [1.165, 1.54) is 5.56 Å². The molecule has 0 fully saturated rings. The molecule has 0 bridgehead atoms. The summed E-state index contributed by atoms with van der Waals surface area (Å²) in [6, 6.07) is 15.4. The van der Waals surface area contributed by atoms with Crippen LogP contribution in [0.4, 0.5) is 5.69 Å². The van der Waals surface area contributed by atoms with Crippen LogP contribution in [-0.2, 0) is 6.42 Å². The molecular weight excluding hydrogens is 302 g/mol. The third kappa shape index (κ3) is 3.44. The van der Waals surface area contributed by atoms with Crippen molar-refractivity contribution in [3.8, 4) is 0 Å². The minimum atomic E-state index is -0.0870. The Hall–Kier alpha value is -1.61. The standard InChI is InChI=1S/C16H16BrNO/c1-2-7-12-8-3-6-11-15(12)18-16(19)13-9-4-5-10-14(13)17/h3-6,8-11H,2,7H2,1H3,(H,18,19). The van der Waals surface area contributed by atoms with Crippen molar-refractivity contribution in [3.63, 3.8) is 0 Å². The van der Waals surface area contributed by atoms with E-state index in [2.05, 4.69) is 34.2 Å². The first-order valence-corrected chi connectivity index (χ1v) is 7.15. The van der Waals surface area contributed by atoms with Gasteiger partial charge in [-0.1, -0.05) is 43.7 Å². The maximum absolute atomic E-state index is 12.3. The number of hydrogen-bond donors (Lipinski definition) is 1. The molecular formula is C16H16BrNO. The van der Waals surface area contributed by atoms with Gasteiger partial charge in [0.2, 0.25) is 0 Å². The number of halogens is 1. The fourth-order valence-electron chi connectivity index (χ4n) is 1.96. The number of carbonyl (C=O) groups excluding carboxylic acids is 1. The highest BCUT2D eigenvalue weighted by Crippen LogP contribution is 2.20. The van der Waals surface area contributed by atoms with Crippen molar-refractivity contribution in [2.75, 3.05) is 5.32 Å². The lowest BCUT2D eigenvalue weighted by atomic mass is 10.1. The van der Waals surface area contributed by atoms with Gasteiger partial charge in [0.1, 0.15) is 0 Å². The molecule has 0 saturated heterocycles. The van der Waals surface area contributed by atoms with Crippen LogP contribution in [0.15, 0.2) is 53.0 Å². The second kappa shape index (κ2) is 6.53. The number of benzene rings is 2. The molecule has 2 aromatic carbocycles. The summed E-state index contributed by atoms with van der Waals surface area (Å²) in [5, 5.41) is 2.98. The molecule has 98 valence electrons. The van der Waals surface area contributed by atoms with Gasteiger partial charge in [-0.15, -0.1) is 0 Å². The lowest BCUT2D eigenvalue weighted by Crippen LogP contribution is -2.13. The summed E-state index contributed by atoms with van der Waals surface area (Å²) in [7, 11) is 0. The van der Waals surface area contributed by atoms with Crippen LogP contribution >= 0.6 is 15.9 Å². The van der Waals surface area contributed by atoms with Gasteiger partial charge in [0.05, 0.1) is 5.56 Å². The van der Waals surface area contributed by atoms with E-state index in [0.29, 0.717) is 5.56 Å². The molecule has 19 heavy (non-hydrogen) atoms. The number of rotatable bonds is 4. The van der Waals surface area contributed by atoms with Crippen LogP contribution in [0.25, 0.3) is 0 Å². The number of amides is 1. The second-order valence-electron chi connectivity index (χ2n) is 4.34. The predicted octanol–water partition coefficient (Wildman–Crippen LogP) is 4.65. The first-order valence-electron chi connectivity index (χ1n) is 6.36. The average molecular weight is 318 g/mol. The van der Waals surface area contributed by atoms with E-state index in [1.54, 1.807) is 0 Å². The molecule has 0 aliphatic heterocycles. The number of aryl methyl sites for hydroxylation is 1. The summed E-state index contributed by atoms with van der Waals surface area (Å²) in [6.45, 7) is 2.13. The minimum absolute atomic E-state index is 0.0870. The molecule has 2 nitrogen and oxygen atoms in total. The molecule has 3 heteroatoms. The van der Waals surface area contributed by atoms with Crippen molar-refractivity contribution >= 4 is 27.5 Å². The molecule has 0 aliphatic carbocycles. The van der Waals surface area contributed by atoms with Crippen LogP contribution in [0.5, 0.6) is 0 Å². The van der Waals surface area contributed by atoms with Gasteiger partial charge in [0.25, 0.3) is 5.91 Å². The monoisotopic (exact) mass is 317 g/mol. The first kappa shape index (κ1) is 13.8. The zero-order valence-electron chi connectivity index (χ0n) is 10.8. The van der Waals surface area contributed by atoms with Crippen molar-refractivity contribution in [2.45, 2.75) is 19.8 Å². The molecule has 1 N–H and O–H groups in total. The summed E-state index contributed by atoms with van der Waals surface area (Å²) in [4.78, 5) is 12.3. The van der Waals surface area contributed by atoms with Gasteiger partial charge in [-0.2, -0.15) is 0 Å². The van der Waals surface area contributed by atoms with Gasteiger partial charge in [-0.25, -0.2) is 0 Å². The molecule has 0 aliphatic rings. The molecule has 0 aromatic heterocycles. The molecule has 0 heterocycles. The zero-order chi connectivity index (χ0) is 13.7. The molecule has 0 spiro atoms. The van der Waals surface area contributed by atoms with Gasteiger partial charge in [-0.3, -0.25) is 4.79 Å². The van der Waals surface area contributed by atoms with Crippen molar-refractivity contribution < 1.29 is 4.79 Å². The quantitative estimate of drug-likeness (QED) is 0.873. The Morgan fingerprint density at radius 2 is 1.79 bits per heavy atom. The SMILES string of the molecule is CCCc1ccccc1NC(=O)c1ccccc1Br. The Morgan fingerprint density at radius 3 is 2.53 bits per heavy atom. The van der Waals surface area contributed by atoms with Gasteiger partial charge >= 0.3 is 0 Å². The van der Waals surface area contributed by atoms with Crippen LogP contribution in [-0.4, -0.2) is 5.91 Å². The highest BCUT2D eigenvalue weighted by atomic mass is 79.9. The van der Waals surface area contributed by atoms with Gasteiger partial charge < -0.3 is 5.32 Å². The van der Waals surface area contributed by atoms with E-state index < -0.39 is 0 Å². The number of hydrogen-bond acceptors (Lipinski definition) is 1. The lowest BCUT2D eigenvalue weighted by Gasteiger charge is -2.11. The van der Waals surface area contributed by atoms with Crippen LogP contribution in [0, 0.1) is 0 Å². The normalized spacial score (nSPS) is 10.2. The molecule has 0 saturated carbocycles. The van der Waals surface area contributed by atoms with Crippen molar-refractivity contribution in [2.24, 2.45) is 0 Å². The Labute approximate surface area is 122 Å². The molecule has 0 atom stereocenters. The van der Waals surface area contributed by atoms with E-state index in [1.807, 2.05) is 42.5 Å². The largest absolute Gasteiger partial charge is 0.322 e. The van der Waals surface area contributed by atoms with E-state index in [-0.39, 0.29) is 5.91 Å². The van der Waals surface area contributed by atoms with E-state index in [9.17, 15) is 4.79 Å². The minimum Gasteiger partial charge on any atom is -0.322 e. The number of carbonyl (C=O) groups is 1. The highest BCUT2D eigenvalue weighted by Gasteiger charge is 2.10. The number of para-hydroxylation sites is 1. The predicted molar refractivity (Wildman–Crippen MR) is 82.5 cm³/mol. The molecule has 2 aromatic rings. The topological polar surface area (TPSA) is 29.1 Å². The maximum Gasteiger partial charge on any atom is 0.256 e. The number of anilines is 1. The summed E-state index contributed by atoms with van der Waals surface area (Å²) in [5.41, 5.74) is 2.71. The van der Waals surface area contributed by atoms with Crippen molar-refractivity contribution in [1.82, 2.24) is 0 Å². The van der Waals surface area contributed by atoms with Crippen molar-refractivity contribution in [3.05, 3.63) is 64.1 Å². The van der Waals surface area contributed by atoms with E-state index in [4.69, 9.17) is 0 Å². The van der Waals surface area contributed by atoms with Gasteiger partial charge in [0.15, 0.2) is 0 Å². The fourth-order valence-corrected chi connectivity index (χ4v) is 2.43. The van der Waals surface area contributed by atoms with Crippen LogP contribution in [0.3, 0.4) is 0 Å². The Bertz CT molecular complexity index is 580. The highest BCUT2D eigenvalue weighted by molar-refractivity contribution is 9.10. The molecule has 0 unspecified atom stereocenters. The third-order valence-corrected chi connectivity index (χ3v) is 3.59. The fraction of sp³-hybridized carbons (Fsp3) is 0.188. The Kier molecular flexibility index (Phi) is 4.74. The molecule has 2 rings (SSSR count). The van der Waals surface area contributed by atoms with E-state index in [0.717, 1.165) is 23.0 Å². The second-order valence-corrected chi connectivity index (χ2v) is 5.20. The summed E-state index contributed by atoms with van der Waals surface area (Å²) in [5.74, 6) is -0.0870.